The number of carbonyl (C=O) groups excluding carboxylic acids is 1. The van der Waals surface area contributed by atoms with Crippen LogP contribution in [0.2, 0.25) is 0 Å². The minimum atomic E-state index is -1.01. The summed E-state index contributed by atoms with van der Waals surface area (Å²) < 4.78 is 0. The molecule has 1 heterocycles. The Morgan fingerprint density at radius 3 is 2.65 bits per heavy atom. The van der Waals surface area contributed by atoms with Gasteiger partial charge in [-0.15, -0.1) is 0 Å². The van der Waals surface area contributed by atoms with Crippen LogP contribution >= 0.6 is 11.3 Å². The molecule has 0 aromatic carbocycles. The number of hydrogen-bond acceptors (Lipinski definition) is 3. The van der Waals surface area contributed by atoms with E-state index in [0.29, 0.717) is 12.1 Å². The number of aliphatic carboxylic acids is 1. The number of carbonyl (C=O) groups is 2. The van der Waals surface area contributed by atoms with E-state index in [-0.39, 0.29) is 5.92 Å². The zero-order valence-electron chi connectivity index (χ0n) is 9.77. The van der Waals surface area contributed by atoms with Crippen molar-refractivity contribution >= 4 is 29.0 Å². The van der Waals surface area contributed by atoms with Crippen LogP contribution < -0.4 is 10.6 Å². The third kappa shape index (κ3) is 4.86. The Hall–Kier alpha value is -1.56. The second kappa shape index (κ2) is 6.24. The minimum absolute atomic E-state index is 0.206. The molecule has 0 fully saturated rings. The molecule has 1 aromatic rings. The number of nitrogens with one attached hydrogen (secondary N) is 2. The van der Waals surface area contributed by atoms with E-state index in [0.717, 1.165) is 0 Å². The maximum Gasteiger partial charge on any atom is 0.326 e. The van der Waals surface area contributed by atoms with Crippen molar-refractivity contribution in [2.24, 2.45) is 5.92 Å². The number of amides is 2. The zero-order chi connectivity index (χ0) is 12.8. The summed E-state index contributed by atoms with van der Waals surface area (Å²) in [6.45, 7) is 3.82. The van der Waals surface area contributed by atoms with Gasteiger partial charge in [0, 0.05) is 5.38 Å². The molecule has 0 aliphatic heterocycles. The average Bonchev–Trinajstić information content (AvgIpc) is 2.68. The van der Waals surface area contributed by atoms with Gasteiger partial charge in [0.15, 0.2) is 0 Å². The molecule has 0 saturated heterocycles. The SMILES string of the molecule is CC(C)C[C@@H](NC(=O)Nc1ccsc1)C(=O)O. The number of thiophene rings is 1. The fourth-order valence-electron chi connectivity index (χ4n) is 1.35. The van der Waals surface area contributed by atoms with Gasteiger partial charge in [-0.2, -0.15) is 11.3 Å². The molecule has 0 aliphatic rings. The average molecular weight is 256 g/mol. The molecule has 0 unspecified atom stereocenters. The fourth-order valence-corrected chi connectivity index (χ4v) is 1.94. The first-order valence-electron chi connectivity index (χ1n) is 5.31. The van der Waals surface area contributed by atoms with E-state index in [1.54, 1.807) is 11.4 Å². The van der Waals surface area contributed by atoms with E-state index in [4.69, 9.17) is 5.11 Å². The van der Waals surface area contributed by atoms with Crippen molar-refractivity contribution < 1.29 is 14.7 Å². The molecule has 1 aromatic heterocycles. The predicted molar refractivity (Wildman–Crippen MR) is 67.4 cm³/mol. The van der Waals surface area contributed by atoms with Crippen molar-refractivity contribution in [3.8, 4) is 0 Å². The molecular weight excluding hydrogens is 240 g/mol. The molecule has 1 atom stereocenters. The maximum atomic E-state index is 11.5. The minimum Gasteiger partial charge on any atom is -0.480 e. The van der Waals surface area contributed by atoms with E-state index < -0.39 is 18.0 Å². The van der Waals surface area contributed by atoms with Crippen LogP contribution in [0.1, 0.15) is 20.3 Å². The first-order valence-corrected chi connectivity index (χ1v) is 6.26. The molecule has 17 heavy (non-hydrogen) atoms. The Balaban J connectivity index is 2.49. The van der Waals surface area contributed by atoms with Gasteiger partial charge in [0.1, 0.15) is 6.04 Å². The molecule has 5 nitrogen and oxygen atoms in total. The van der Waals surface area contributed by atoms with Crippen LogP contribution in [0, 0.1) is 5.92 Å². The summed E-state index contributed by atoms with van der Waals surface area (Å²) in [5.74, 6) is -0.809. The molecule has 0 spiro atoms. The lowest BCUT2D eigenvalue weighted by Gasteiger charge is -2.16. The summed E-state index contributed by atoms with van der Waals surface area (Å²) in [6, 6.07) is 0.410. The molecule has 0 saturated carbocycles. The number of urea groups is 1. The van der Waals surface area contributed by atoms with E-state index in [2.05, 4.69) is 10.6 Å². The molecule has 0 bridgehead atoms. The Labute approximate surface area is 104 Å². The maximum absolute atomic E-state index is 11.5. The lowest BCUT2D eigenvalue weighted by atomic mass is 10.0. The van der Waals surface area contributed by atoms with Crippen LogP contribution in [0.4, 0.5) is 10.5 Å². The topological polar surface area (TPSA) is 78.4 Å². The summed E-state index contributed by atoms with van der Waals surface area (Å²) in [4.78, 5) is 22.5. The van der Waals surface area contributed by atoms with Crippen LogP contribution in [0.25, 0.3) is 0 Å². The lowest BCUT2D eigenvalue weighted by Crippen LogP contribution is -2.43. The van der Waals surface area contributed by atoms with Gasteiger partial charge < -0.3 is 15.7 Å². The fraction of sp³-hybridized carbons (Fsp3) is 0.455. The van der Waals surface area contributed by atoms with Gasteiger partial charge in [-0.05, 0) is 23.8 Å². The highest BCUT2D eigenvalue weighted by Gasteiger charge is 2.20. The van der Waals surface area contributed by atoms with E-state index in [9.17, 15) is 9.59 Å². The van der Waals surface area contributed by atoms with Gasteiger partial charge in [-0.25, -0.2) is 9.59 Å². The highest BCUT2D eigenvalue weighted by Crippen LogP contribution is 2.11. The van der Waals surface area contributed by atoms with Gasteiger partial charge >= 0.3 is 12.0 Å². The summed E-state index contributed by atoms with van der Waals surface area (Å²) in [5.41, 5.74) is 0.668. The van der Waals surface area contributed by atoms with Gasteiger partial charge in [0.2, 0.25) is 0 Å². The Morgan fingerprint density at radius 2 is 2.18 bits per heavy atom. The van der Waals surface area contributed by atoms with Crippen LogP contribution in [0.3, 0.4) is 0 Å². The Morgan fingerprint density at radius 1 is 1.47 bits per heavy atom. The zero-order valence-corrected chi connectivity index (χ0v) is 10.6. The van der Waals surface area contributed by atoms with Gasteiger partial charge in [0.05, 0.1) is 5.69 Å². The first kappa shape index (κ1) is 13.5. The molecule has 1 rings (SSSR count). The lowest BCUT2D eigenvalue weighted by molar-refractivity contribution is -0.139. The van der Waals surface area contributed by atoms with E-state index >= 15 is 0 Å². The monoisotopic (exact) mass is 256 g/mol. The van der Waals surface area contributed by atoms with Crippen molar-refractivity contribution in [2.75, 3.05) is 5.32 Å². The summed E-state index contributed by atoms with van der Waals surface area (Å²) in [6.07, 6.45) is 0.409. The van der Waals surface area contributed by atoms with Crippen LogP contribution in [0.15, 0.2) is 16.8 Å². The third-order valence-electron chi connectivity index (χ3n) is 2.09. The van der Waals surface area contributed by atoms with Crippen molar-refractivity contribution in [1.82, 2.24) is 5.32 Å². The molecule has 0 radical (unpaired) electrons. The largest absolute Gasteiger partial charge is 0.480 e. The standard InChI is InChI=1S/C11H16N2O3S/c1-7(2)5-9(10(14)15)13-11(16)12-8-3-4-17-6-8/h3-4,6-7,9H,5H2,1-2H3,(H,14,15)(H2,12,13,16)/t9-/m1/s1. The smallest absolute Gasteiger partial charge is 0.326 e. The van der Waals surface area contributed by atoms with Crippen molar-refractivity contribution in [3.63, 3.8) is 0 Å². The highest BCUT2D eigenvalue weighted by atomic mass is 32.1. The number of hydrogen-bond donors (Lipinski definition) is 3. The van der Waals surface area contributed by atoms with Gasteiger partial charge in [-0.3, -0.25) is 0 Å². The second-order valence-corrected chi connectivity index (χ2v) is 4.91. The van der Waals surface area contributed by atoms with Crippen LogP contribution in [-0.4, -0.2) is 23.1 Å². The van der Waals surface area contributed by atoms with Crippen LogP contribution in [-0.2, 0) is 4.79 Å². The van der Waals surface area contributed by atoms with Gasteiger partial charge in [-0.1, -0.05) is 13.8 Å². The summed E-state index contributed by atoms with van der Waals surface area (Å²) >= 11 is 1.46. The summed E-state index contributed by atoms with van der Waals surface area (Å²) in [7, 11) is 0. The van der Waals surface area contributed by atoms with Crippen LogP contribution in [0.5, 0.6) is 0 Å². The quantitative estimate of drug-likeness (QED) is 0.756. The normalized spacial score (nSPS) is 12.2. The molecule has 2 amide bonds. The van der Waals surface area contributed by atoms with Crippen molar-refractivity contribution in [2.45, 2.75) is 26.3 Å². The number of rotatable bonds is 5. The van der Waals surface area contributed by atoms with E-state index in [1.807, 2.05) is 19.2 Å². The molecule has 3 N–H and O–H groups in total. The number of carboxylic acids is 1. The molecule has 94 valence electrons. The van der Waals surface area contributed by atoms with E-state index in [1.165, 1.54) is 11.3 Å². The van der Waals surface area contributed by atoms with Gasteiger partial charge in [0.25, 0.3) is 0 Å². The number of anilines is 1. The summed E-state index contributed by atoms with van der Waals surface area (Å²) in [5, 5.41) is 17.6. The number of carboxylic acid groups (broad SMARTS) is 1. The Kier molecular flexibility index (Phi) is 4.96. The van der Waals surface area contributed by atoms with Crippen molar-refractivity contribution in [1.29, 1.82) is 0 Å². The predicted octanol–water partition coefficient (Wildman–Crippen LogP) is 2.37. The Bertz CT molecular complexity index is 376. The molecule has 6 heteroatoms. The third-order valence-corrected chi connectivity index (χ3v) is 2.77. The first-order chi connectivity index (χ1) is 7.99. The molecular formula is C11H16N2O3S. The van der Waals surface area contributed by atoms with Crippen molar-refractivity contribution in [3.05, 3.63) is 16.8 Å². The second-order valence-electron chi connectivity index (χ2n) is 4.13. The highest BCUT2D eigenvalue weighted by molar-refractivity contribution is 7.08. The molecule has 0 aliphatic carbocycles.